The number of ether oxygens (including phenoxy) is 2. The Balaban J connectivity index is 2.14. The van der Waals surface area contributed by atoms with E-state index in [4.69, 9.17) is 9.47 Å². The zero-order chi connectivity index (χ0) is 13.8. The lowest BCUT2D eigenvalue weighted by molar-refractivity contribution is -0.252. The molecular formula is C13H26N2O3. The van der Waals surface area contributed by atoms with Gasteiger partial charge in [-0.05, 0) is 34.6 Å². The maximum atomic E-state index is 11.6. The van der Waals surface area contributed by atoms with Crippen LogP contribution in [0.5, 0.6) is 0 Å². The molecule has 0 aliphatic carbocycles. The molecule has 1 aliphatic rings. The molecule has 1 heterocycles. The molecule has 0 aromatic heterocycles. The Morgan fingerprint density at radius 3 is 2.33 bits per heavy atom. The van der Waals surface area contributed by atoms with Gasteiger partial charge in [-0.1, -0.05) is 0 Å². The van der Waals surface area contributed by atoms with E-state index in [0.717, 1.165) is 0 Å². The summed E-state index contributed by atoms with van der Waals surface area (Å²) in [5, 5.41) is 6.19. The number of hydrogen-bond acceptors (Lipinski definition) is 4. The first-order chi connectivity index (χ1) is 8.18. The highest BCUT2D eigenvalue weighted by Gasteiger charge is 2.27. The smallest absolute Gasteiger partial charge is 0.221 e. The average Bonchev–Trinajstić information content (AvgIpc) is 2.18. The van der Waals surface area contributed by atoms with Gasteiger partial charge in [0.1, 0.15) is 0 Å². The second-order valence-electron chi connectivity index (χ2n) is 6.22. The predicted octanol–water partition coefficient (Wildman–Crippen LogP) is 1.03. The number of carbonyl (C=O) groups excluding carboxylic acids is 1. The molecule has 18 heavy (non-hydrogen) atoms. The zero-order valence-electron chi connectivity index (χ0n) is 12.1. The van der Waals surface area contributed by atoms with Gasteiger partial charge in [0, 0.05) is 18.5 Å². The molecule has 5 heteroatoms. The van der Waals surface area contributed by atoms with Gasteiger partial charge in [0.05, 0.1) is 19.3 Å². The van der Waals surface area contributed by atoms with Crippen LogP contribution in [0.15, 0.2) is 0 Å². The normalized spacial score (nSPS) is 20.7. The topological polar surface area (TPSA) is 59.6 Å². The molecule has 0 bridgehead atoms. The van der Waals surface area contributed by atoms with Crippen molar-refractivity contribution in [3.63, 3.8) is 0 Å². The minimum Gasteiger partial charge on any atom is -0.351 e. The summed E-state index contributed by atoms with van der Waals surface area (Å²) in [6, 6.07) is 0.167. The highest BCUT2D eigenvalue weighted by molar-refractivity contribution is 5.76. The lowest BCUT2D eigenvalue weighted by Crippen LogP contribution is -2.49. The molecule has 1 rings (SSSR count). The highest BCUT2D eigenvalue weighted by atomic mass is 16.7. The summed E-state index contributed by atoms with van der Waals surface area (Å²) >= 11 is 0. The molecule has 106 valence electrons. The molecule has 5 nitrogen and oxygen atoms in total. The van der Waals surface area contributed by atoms with Crippen molar-refractivity contribution in [3.8, 4) is 0 Å². The lowest BCUT2D eigenvalue weighted by Gasteiger charge is -2.35. The van der Waals surface area contributed by atoms with Gasteiger partial charge >= 0.3 is 0 Å². The van der Waals surface area contributed by atoms with Crippen LogP contribution in [0.1, 0.15) is 41.0 Å². The van der Waals surface area contributed by atoms with Gasteiger partial charge in [-0.2, -0.15) is 0 Å². The van der Waals surface area contributed by atoms with Crippen LogP contribution in [0.3, 0.4) is 0 Å². The summed E-state index contributed by atoms with van der Waals surface area (Å²) < 4.78 is 11.1. The van der Waals surface area contributed by atoms with Crippen molar-refractivity contribution in [2.24, 2.45) is 0 Å². The van der Waals surface area contributed by atoms with Gasteiger partial charge in [-0.25, -0.2) is 0 Å². The molecule has 0 radical (unpaired) electrons. The van der Waals surface area contributed by atoms with Crippen molar-refractivity contribution in [2.75, 3.05) is 19.8 Å². The SMILES string of the molecule is CC(C)(C)NC(=O)CCNC1COC(C)(C)OC1. The molecule has 0 unspecified atom stereocenters. The van der Waals surface area contributed by atoms with E-state index >= 15 is 0 Å². The van der Waals surface area contributed by atoms with Crippen molar-refractivity contribution in [1.29, 1.82) is 0 Å². The van der Waals surface area contributed by atoms with Gasteiger partial charge in [0.15, 0.2) is 5.79 Å². The van der Waals surface area contributed by atoms with Crippen molar-refractivity contribution < 1.29 is 14.3 Å². The fourth-order valence-corrected chi connectivity index (χ4v) is 1.68. The molecule has 0 spiro atoms. The van der Waals surface area contributed by atoms with E-state index in [9.17, 15) is 4.79 Å². The van der Waals surface area contributed by atoms with Crippen LogP contribution in [0, 0.1) is 0 Å². The van der Waals surface area contributed by atoms with E-state index in [1.165, 1.54) is 0 Å². The monoisotopic (exact) mass is 258 g/mol. The first kappa shape index (κ1) is 15.4. The van der Waals surface area contributed by atoms with Crippen LogP contribution in [0.25, 0.3) is 0 Å². The van der Waals surface area contributed by atoms with Crippen LogP contribution in [-0.2, 0) is 14.3 Å². The molecule has 2 N–H and O–H groups in total. The van der Waals surface area contributed by atoms with Gasteiger partial charge in [0.25, 0.3) is 0 Å². The van der Waals surface area contributed by atoms with Crippen molar-refractivity contribution >= 4 is 5.91 Å². The van der Waals surface area contributed by atoms with Crippen LogP contribution >= 0.6 is 0 Å². The fraction of sp³-hybridized carbons (Fsp3) is 0.923. The second-order valence-corrected chi connectivity index (χ2v) is 6.22. The Hall–Kier alpha value is -0.650. The van der Waals surface area contributed by atoms with Crippen molar-refractivity contribution in [1.82, 2.24) is 10.6 Å². The minimum absolute atomic E-state index is 0.0629. The largest absolute Gasteiger partial charge is 0.351 e. The predicted molar refractivity (Wildman–Crippen MR) is 70.3 cm³/mol. The first-order valence-corrected chi connectivity index (χ1v) is 6.50. The van der Waals surface area contributed by atoms with Gasteiger partial charge in [-0.15, -0.1) is 0 Å². The molecule has 0 aromatic carbocycles. The highest BCUT2D eigenvalue weighted by Crippen LogP contribution is 2.16. The van der Waals surface area contributed by atoms with Gasteiger partial charge in [0.2, 0.25) is 5.91 Å². The van der Waals surface area contributed by atoms with Gasteiger partial charge in [-0.3, -0.25) is 4.79 Å². The molecule has 1 fully saturated rings. The average molecular weight is 258 g/mol. The zero-order valence-corrected chi connectivity index (χ0v) is 12.1. The Bertz CT molecular complexity index is 274. The van der Waals surface area contributed by atoms with E-state index in [0.29, 0.717) is 26.2 Å². The maximum Gasteiger partial charge on any atom is 0.221 e. The first-order valence-electron chi connectivity index (χ1n) is 6.50. The molecule has 0 saturated carbocycles. The number of hydrogen-bond donors (Lipinski definition) is 2. The standard InChI is InChI=1S/C13H26N2O3/c1-12(2,3)15-11(16)6-7-14-10-8-17-13(4,5)18-9-10/h10,14H,6-9H2,1-5H3,(H,15,16). The number of amides is 1. The van der Waals surface area contributed by atoms with Crippen molar-refractivity contribution in [2.45, 2.75) is 58.4 Å². The maximum absolute atomic E-state index is 11.6. The third-order valence-corrected chi connectivity index (χ3v) is 2.56. The van der Waals surface area contributed by atoms with E-state index in [-0.39, 0.29) is 17.5 Å². The Kier molecular flexibility index (Phi) is 5.13. The summed E-state index contributed by atoms with van der Waals surface area (Å²) in [5.74, 6) is -0.421. The fourth-order valence-electron chi connectivity index (χ4n) is 1.68. The summed E-state index contributed by atoms with van der Waals surface area (Å²) in [6.45, 7) is 11.6. The van der Waals surface area contributed by atoms with Crippen LogP contribution in [0.2, 0.25) is 0 Å². The molecule has 0 aromatic rings. The quantitative estimate of drug-likeness (QED) is 0.791. The summed E-state index contributed by atoms with van der Waals surface area (Å²) in [5.41, 5.74) is -0.168. The Morgan fingerprint density at radius 2 is 1.83 bits per heavy atom. The van der Waals surface area contributed by atoms with E-state index in [2.05, 4.69) is 10.6 Å². The Labute approximate surface area is 110 Å². The lowest BCUT2D eigenvalue weighted by atomic mass is 10.1. The van der Waals surface area contributed by atoms with Crippen LogP contribution in [0.4, 0.5) is 0 Å². The molecule has 1 amide bonds. The molecular weight excluding hydrogens is 232 g/mol. The molecule has 1 saturated heterocycles. The van der Waals surface area contributed by atoms with Gasteiger partial charge < -0.3 is 20.1 Å². The Morgan fingerprint density at radius 1 is 1.28 bits per heavy atom. The van der Waals surface area contributed by atoms with E-state index in [1.807, 2.05) is 34.6 Å². The second kappa shape index (κ2) is 5.99. The number of nitrogens with one attached hydrogen (secondary N) is 2. The van der Waals surface area contributed by atoms with Crippen LogP contribution < -0.4 is 10.6 Å². The summed E-state index contributed by atoms with van der Waals surface area (Å²) in [7, 11) is 0. The summed E-state index contributed by atoms with van der Waals surface area (Å²) in [6.07, 6.45) is 0.469. The van der Waals surface area contributed by atoms with E-state index < -0.39 is 5.79 Å². The molecule has 1 aliphatic heterocycles. The summed E-state index contributed by atoms with van der Waals surface area (Å²) in [4.78, 5) is 11.6. The third kappa shape index (κ3) is 6.33. The number of carbonyl (C=O) groups is 1. The van der Waals surface area contributed by atoms with Crippen molar-refractivity contribution in [3.05, 3.63) is 0 Å². The van der Waals surface area contributed by atoms with Crippen LogP contribution in [-0.4, -0.2) is 43.0 Å². The number of rotatable bonds is 4. The third-order valence-electron chi connectivity index (χ3n) is 2.56. The molecule has 0 atom stereocenters. The van der Waals surface area contributed by atoms with E-state index in [1.54, 1.807) is 0 Å². The minimum atomic E-state index is -0.484.